The van der Waals surface area contributed by atoms with Crippen LogP contribution in [0.4, 0.5) is 0 Å². The molecular weight excluding hydrogens is 184 g/mol. The maximum atomic E-state index is 10.3. The van der Waals surface area contributed by atoms with Crippen LogP contribution in [0, 0.1) is 29.6 Å². The summed E-state index contributed by atoms with van der Waals surface area (Å²) in [7, 11) is 0. The highest BCUT2D eigenvalue weighted by atomic mass is 16.3. The Labute approximate surface area is 93.3 Å². The molecule has 2 aliphatic carbocycles. The van der Waals surface area contributed by atoms with Gasteiger partial charge in [0.1, 0.15) is 0 Å². The zero-order valence-electron chi connectivity index (χ0n) is 9.92. The molecule has 0 spiro atoms. The van der Waals surface area contributed by atoms with E-state index in [4.69, 9.17) is 0 Å². The Kier molecular flexibility index (Phi) is 3.07. The second-order valence-corrected chi connectivity index (χ2v) is 5.60. The average Bonchev–Trinajstić information content (AvgIpc) is 3.00. The van der Waals surface area contributed by atoms with E-state index in [0.717, 1.165) is 31.6 Å². The summed E-state index contributed by atoms with van der Waals surface area (Å²) in [5.41, 5.74) is -0.405. The van der Waals surface area contributed by atoms with Crippen molar-refractivity contribution in [1.29, 1.82) is 0 Å². The fourth-order valence-electron chi connectivity index (χ4n) is 2.30. The summed E-state index contributed by atoms with van der Waals surface area (Å²) < 4.78 is 0. The van der Waals surface area contributed by atoms with Crippen molar-refractivity contribution in [2.24, 2.45) is 17.8 Å². The Morgan fingerprint density at radius 3 is 1.87 bits per heavy atom. The van der Waals surface area contributed by atoms with Gasteiger partial charge in [0.25, 0.3) is 0 Å². The lowest BCUT2D eigenvalue weighted by atomic mass is 9.73. The highest BCUT2D eigenvalue weighted by molar-refractivity contribution is 5.12. The molecule has 15 heavy (non-hydrogen) atoms. The Hall–Kier alpha value is -0.480. The zero-order valence-corrected chi connectivity index (χ0v) is 9.92. The lowest BCUT2D eigenvalue weighted by Crippen LogP contribution is -2.38. The Morgan fingerprint density at radius 1 is 1.00 bits per heavy atom. The van der Waals surface area contributed by atoms with E-state index in [0.29, 0.717) is 11.8 Å². The maximum absolute atomic E-state index is 10.3. The Bertz CT molecular complexity index is 269. The Morgan fingerprint density at radius 2 is 1.47 bits per heavy atom. The van der Waals surface area contributed by atoms with E-state index in [9.17, 15) is 5.11 Å². The van der Waals surface area contributed by atoms with Gasteiger partial charge in [0, 0.05) is 11.8 Å². The molecule has 0 atom stereocenters. The van der Waals surface area contributed by atoms with Gasteiger partial charge in [-0.25, -0.2) is 0 Å². The first-order valence-electron chi connectivity index (χ1n) is 6.33. The third-order valence-electron chi connectivity index (χ3n) is 4.00. The van der Waals surface area contributed by atoms with Crippen LogP contribution in [0.2, 0.25) is 0 Å². The van der Waals surface area contributed by atoms with Gasteiger partial charge < -0.3 is 5.11 Å². The van der Waals surface area contributed by atoms with Crippen molar-refractivity contribution in [3.05, 3.63) is 0 Å². The standard InChI is InChI=1S/C14H22O/c1-11(2)14(15)9-7-13(8-10-14)6-5-12-3-4-12/h11-13,15H,3-4,7-10H2,1-2H3. The van der Waals surface area contributed by atoms with Gasteiger partial charge in [-0.3, -0.25) is 0 Å². The third-order valence-corrected chi connectivity index (χ3v) is 4.00. The van der Waals surface area contributed by atoms with Crippen LogP contribution < -0.4 is 0 Å². The second-order valence-electron chi connectivity index (χ2n) is 5.60. The van der Waals surface area contributed by atoms with Crippen LogP contribution in [0.5, 0.6) is 0 Å². The molecule has 84 valence electrons. The van der Waals surface area contributed by atoms with E-state index < -0.39 is 5.60 Å². The number of hydrogen-bond donors (Lipinski definition) is 1. The van der Waals surface area contributed by atoms with Gasteiger partial charge in [0.15, 0.2) is 0 Å². The Balaban J connectivity index is 1.84. The van der Waals surface area contributed by atoms with Crippen LogP contribution in [0.1, 0.15) is 52.4 Å². The molecule has 1 N–H and O–H groups in total. The molecule has 2 saturated carbocycles. The van der Waals surface area contributed by atoms with Crippen molar-refractivity contribution in [3.8, 4) is 11.8 Å². The molecule has 0 radical (unpaired) electrons. The van der Waals surface area contributed by atoms with E-state index in [1.807, 2.05) is 0 Å². The van der Waals surface area contributed by atoms with E-state index in [-0.39, 0.29) is 0 Å². The van der Waals surface area contributed by atoms with Crippen molar-refractivity contribution in [2.45, 2.75) is 58.0 Å². The van der Waals surface area contributed by atoms with Gasteiger partial charge in [-0.05, 0) is 44.4 Å². The summed E-state index contributed by atoms with van der Waals surface area (Å²) in [5.74, 6) is 8.41. The first-order valence-corrected chi connectivity index (χ1v) is 6.33. The minimum Gasteiger partial charge on any atom is -0.390 e. The topological polar surface area (TPSA) is 20.2 Å². The summed E-state index contributed by atoms with van der Waals surface area (Å²) in [5, 5.41) is 10.3. The predicted molar refractivity (Wildman–Crippen MR) is 62.2 cm³/mol. The molecule has 2 fully saturated rings. The predicted octanol–water partition coefficient (Wildman–Crippen LogP) is 2.98. The summed E-state index contributed by atoms with van der Waals surface area (Å²) in [6.45, 7) is 4.24. The zero-order chi connectivity index (χ0) is 10.9. The lowest BCUT2D eigenvalue weighted by Gasteiger charge is -2.37. The molecule has 0 amide bonds. The summed E-state index contributed by atoms with van der Waals surface area (Å²) in [4.78, 5) is 0. The highest BCUT2D eigenvalue weighted by Gasteiger charge is 2.35. The van der Waals surface area contributed by atoms with E-state index >= 15 is 0 Å². The van der Waals surface area contributed by atoms with Crippen LogP contribution in [0.15, 0.2) is 0 Å². The molecule has 0 bridgehead atoms. The van der Waals surface area contributed by atoms with Gasteiger partial charge in [0.2, 0.25) is 0 Å². The fourth-order valence-corrected chi connectivity index (χ4v) is 2.30. The SMILES string of the molecule is CC(C)C1(O)CCC(C#CC2CC2)CC1. The quantitative estimate of drug-likeness (QED) is 0.654. The fraction of sp³-hybridized carbons (Fsp3) is 0.857. The molecule has 0 aromatic rings. The molecule has 0 aromatic carbocycles. The summed E-state index contributed by atoms with van der Waals surface area (Å²) >= 11 is 0. The van der Waals surface area contributed by atoms with Crippen LogP contribution in [0.25, 0.3) is 0 Å². The maximum Gasteiger partial charge on any atom is 0.0671 e. The number of aliphatic hydroxyl groups is 1. The van der Waals surface area contributed by atoms with Crippen LogP contribution >= 0.6 is 0 Å². The molecule has 0 aromatic heterocycles. The van der Waals surface area contributed by atoms with Gasteiger partial charge in [-0.15, -0.1) is 0 Å². The van der Waals surface area contributed by atoms with Gasteiger partial charge >= 0.3 is 0 Å². The van der Waals surface area contributed by atoms with Crippen LogP contribution in [0.3, 0.4) is 0 Å². The monoisotopic (exact) mass is 206 g/mol. The van der Waals surface area contributed by atoms with E-state index in [2.05, 4.69) is 25.7 Å². The molecule has 2 aliphatic rings. The van der Waals surface area contributed by atoms with Crippen LogP contribution in [-0.2, 0) is 0 Å². The highest BCUT2D eigenvalue weighted by Crippen LogP contribution is 2.37. The van der Waals surface area contributed by atoms with Gasteiger partial charge in [-0.1, -0.05) is 25.7 Å². The smallest absolute Gasteiger partial charge is 0.0671 e. The number of hydrogen-bond acceptors (Lipinski definition) is 1. The van der Waals surface area contributed by atoms with Crippen molar-refractivity contribution in [2.75, 3.05) is 0 Å². The molecular formula is C14H22O. The molecule has 0 aliphatic heterocycles. The van der Waals surface area contributed by atoms with Crippen molar-refractivity contribution >= 4 is 0 Å². The van der Waals surface area contributed by atoms with E-state index in [1.165, 1.54) is 12.8 Å². The largest absolute Gasteiger partial charge is 0.390 e. The van der Waals surface area contributed by atoms with Crippen LogP contribution in [-0.4, -0.2) is 10.7 Å². The minimum absolute atomic E-state index is 0.384. The molecule has 2 rings (SSSR count). The first-order chi connectivity index (χ1) is 7.10. The second kappa shape index (κ2) is 4.18. The summed E-state index contributed by atoms with van der Waals surface area (Å²) in [6, 6.07) is 0. The average molecular weight is 206 g/mol. The third kappa shape index (κ3) is 2.75. The first kappa shape index (κ1) is 11.0. The van der Waals surface area contributed by atoms with Crippen molar-refractivity contribution < 1.29 is 5.11 Å². The number of rotatable bonds is 1. The van der Waals surface area contributed by atoms with Crippen molar-refractivity contribution in [1.82, 2.24) is 0 Å². The van der Waals surface area contributed by atoms with Gasteiger partial charge in [0.05, 0.1) is 5.60 Å². The lowest BCUT2D eigenvalue weighted by molar-refractivity contribution is -0.0428. The van der Waals surface area contributed by atoms with Crippen molar-refractivity contribution in [3.63, 3.8) is 0 Å². The summed E-state index contributed by atoms with van der Waals surface area (Å²) in [6.07, 6.45) is 6.69. The minimum atomic E-state index is -0.405. The molecule has 0 heterocycles. The molecule has 1 nitrogen and oxygen atoms in total. The van der Waals surface area contributed by atoms with Gasteiger partial charge in [-0.2, -0.15) is 0 Å². The molecule has 1 heteroatoms. The normalized spacial score (nSPS) is 36.1. The van der Waals surface area contributed by atoms with E-state index in [1.54, 1.807) is 0 Å². The molecule has 0 saturated heterocycles. The molecule has 0 unspecified atom stereocenters.